The van der Waals surface area contributed by atoms with E-state index in [0.29, 0.717) is 13.2 Å². The molecular formula is C13H18N2OS2. The van der Waals surface area contributed by atoms with Crippen LogP contribution in [-0.2, 0) is 11.2 Å². The molecule has 0 aromatic carbocycles. The van der Waals surface area contributed by atoms with Gasteiger partial charge in [0.05, 0.1) is 17.8 Å². The number of nitrogens with two attached hydrogens (primary N) is 1. The predicted octanol–water partition coefficient (Wildman–Crippen LogP) is 3.08. The molecule has 3 nitrogen and oxygen atoms in total. The Bertz CT molecular complexity index is 493. The summed E-state index contributed by atoms with van der Waals surface area (Å²) in [5.41, 5.74) is 10.1. The van der Waals surface area contributed by atoms with Crippen LogP contribution in [0.3, 0.4) is 0 Å². The first-order valence-corrected chi connectivity index (χ1v) is 7.73. The minimum Gasteiger partial charge on any atom is -0.371 e. The molecule has 0 bridgehead atoms. The van der Waals surface area contributed by atoms with Crippen LogP contribution in [0.1, 0.15) is 27.1 Å². The average Bonchev–Trinajstić information content (AvgIpc) is 2.95. The molecule has 0 aliphatic carbocycles. The maximum atomic E-state index is 5.91. The lowest BCUT2D eigenvalue weighted by atomic mass is 10.2. The first kappa shape index (κ1) is 13.7. The Hall–Kier alpha value is -0.750. The fraction of sp³-hybridized carbons (Fsp3) is 0.462. The number of thiophene rings is 1. The highest BCUT2D eigenvalue weighted by molar-refractivity contribution is 7.10. The first-order valence-electron chi connectivity index (χ1n) is 5.97. The van der Waals surface area contributed by atoms with Crippen molar-refractivity contribution < 1.29 is 4.74 Å². The maximum absolute atomic E-state index is 5.91. The van der Waals surface area contributed by atoms with Crippen molar-refractivity contribution in [3.8, 4) is 0 Å². The van der Waals surface area contributed by atoms with Crippen LogP contribution in [0.5, 0.6) is 0 Å². The van der Waals surface area contributed by atoms with Gasteiger partial charge in [-0.25, -0.2) is 4.98 Å². The van der Waals surface area contributed by atoms with Crippen LogP contribution in [0.2, 0.25) is 0 Å². The summed E-state index contributed by atoms with van der Waals surface area (Å²) in [7, 11) is 0. The zero-order valence-electron chi connectivity index (χ0n) is 10.7. The molecule has 1 atom stereocenters. The maximum Gasteiger partial charge on any atom is 0.104 e. The summed E-state index contributed by atoms with van der Waals surface area (Å²) >= 11 is 3.41. The molecule has 0 saturated carbocycles. The second-order valence-electron chi connectivity index (χ2n) is 4.17. The fourth-order valence-corrected chi connectivity index (χ4v) is 3.58. The number of thiazole rings is 1. The van der Waals surface area contributed by atoms with E-state index < -0.39 is 0 Å². The van der Waals surface area contributed by atoms with Gasteiger partial charge in [0, 0.05) is 22.7 Å². The Kier molecular flexibility index (Phi) is 4.88. The number of aryl methyl sites for hydroxylation is 2. The molecule has 0 spiro atoms. The molecule has 0 aliphatic rings. The van der Waals surface area contributed by atoms with Crippen molar-refractivity contribution in [2.75, 3.05) is 13.2 Å². The largest absolute Gasteiger partial charge is 0.371 e. The number of ether oxygens (including phenoxy) is 1. The topological polar surface area (TPSA) is 48.1 Å². The van der Waals surface area contributed by atoms with E-state index in [-0.39, 0.29) is 6.10 Å². The molecule has 1 unspecified atom stereocenters. The minimum absolute atomic E-state index is 0.0261. The Balaban J connectivity index is 1.89. The molecule has 5 heteroatoms. The highest BCUT2D eigenvalue weighted by Crippen LogP contribution is 2.26. The van der Waals surface area contributed by atoms with Crippen molar-refractivity contribution >= 4 is 22.7 Å². The number of aromatic nitrogens is 1. The summed E-state index contributed by atoms with van der Waals surface area (Å²) in [4.78, 5) is 6.79. The third-order valence-corrected chi connectivity index (χ3v) is 5.01. The zero-order chi connectivity index (χ0) is 13.0. The quantitative estimate of drug-likeness (QED) is 0.885. The van der Waals surface area contributed by atoms with Crippen molar-refractivity contribution in [1.29, 1.82) is 0 Å². The van der Waals surface area contributed by atoms with Gasteiger partial charge in [0.25, 0.3) is 0 Å². The third kappa shape index (κ3) is 3.17. The van der Waals surface area contributed by atoms with Crippen molar-refractivity contribution in [2.45, 2.75) is 26.4 Å². The molecule has 2 rings (SSSR count). The van der Waals surface area contributed by atoms with Crippen LogP contribution >= 0.6 is 22.7 Å². The van der Waals surface area contributed by atoms with Gasteiger partial charge < -0.3 is 10.5 Å². The van der Waals surface area contributed by atoms with E-state index in [0.717, 1.165) is 12.1 Å². The van der Waals surface area contributed by atoms with E-state index in [9.17, 15) is 0 Å². The summed E-state index contributed by atoms with van der Waals surface area (Å²) in [6, 6.07) is 2.11. The molecule has 98 valence electrons. The van der Waals surface area contributed by atoms with E-state index in [1.165, 1.54) is 15.3 Å². The normalized spacial score (nSPS) is 12.8. The van der Waals surface area contributed by atoms with E-state index in [1.807, 2.05) is 12.4 Å². The zero-order valence-corrected chi connectivity index (χ0v) is 12.3. The van der Waals surface area contributed by atoms with Crippen LogP contribution in [-0.4, -0.2) is 18.1 Å². The van der Waals surface area contributed by atoms with Gasteiger partial charge in [-0.05, 0) is 30.9 Å². The lowest BCUT2D eigenvalue weighted by Crippen LogP contribution is -2.16. The van der Waals surface area contributed by atoms with Gasteiger partial charge in [0.1, 0.15) is 6.10 Å². The predicted molar refractivity (Wildman–Crippen MR) is 77.4 cm³/mol. The molecule has 2 N–H and O–H groups in total. The molecule has 0 radical (unpaired) electrons. The Morgan fingerprint density at radius 2 is 2.22 bits per heavy atom. The standard InChI is InChI=1S/C13H18N2OS2/c1-9-4-6-17-13(9)11(7-14)16-5-3-12-10(2)15-8-18-12/h4,6,8,11H,3,5,7,14H2,1-2H3. The second-order valence-corrected chi connectivity index (χ2v) is 6.06. The summed E-state index contributed by atoms with van der Waals surface area (Å²) in [5.74, 6) is 0. The van der Waals surface area contributed by atoms with Crippen molar-refractivity contribution in [3.05, 3.63) is 38.0 Å². The van der Waals surface area contributed by atoms with Gasteiger partial charge in [-0.1, -0.05) is 0 Å². The average molecular weight is 282 g/mol. The Labute approximate surface area is 116 Å². The monoisotopic (exact) mass is 282 g/mol. The van der Waals surface area contributed by atoms with Crippen LogP contribution in [0.4, 0.5) is 0 Å². The molecule has 0 aliphatic heterocycles. The highest BCUT2D eigenvalue weighted by Gasteiger charge is 2.14. The minimum atomic E-state index is 0.0261. The van der Waals surface area contributed by atoms with E-state index >= 15 is 0 Å². The van der Waals surface area contributed by atoms with Gasteiger partial charge >= 0.3 is 0 Å². The van der Waals surface area contributed by atoms with Gasteiger partial charge in [-0.2, -0.15) is 0 Å². The smallest absolute Gasteiger partial charge is 0.104 e. The lowest BCUT2D eigenvalue weighted by Gasteiger charge is -2.15. The van der Waals surface area contributed by atoms with Gasteiger partial charge in [-0.15, -0.1) is 22.7 Å². The Morgan fingerprint density at radius 3 is 2.78 bits per heavy atom. The molecule has 18 heavy (non-hydrogen) atoms. The Morgan fingerprint density at radius 1 is 1.39 bits per heavy atom. The lowest BCUT2D eigenvalue weighted by molar-refractivity contribution is 0.0632. The van der Waals surface area contributed by atoms with Crippen LogP contribution in [0.25, 0.3) is 0 Å². The summed E-state index contributed by atoms with van der Waals surface area (Å²) in [6.45, 7) is 5.37. The van der Waals surface area contributed by atoms with E-state index in [2.05, 4.69) is 23.4 Å². The van der Waals surface area contributed by atoms with Crippen molar-refractivity contribution in [2.24, 2.45) is 5.73 Å². The summed E-state index contributed by atoms with van der Waals surface area (Å²) in [6.07, 6.45) is 0.940. The number of hydrogen-bond acceptors (Lipinski definition) is 5. The molecule has 2 aromatic rings. The van der Waals surface area contributed by atoms with Crippen LogP contribution < -0.4 is 5.73 Å². The molecule has 0 fully saturated rings. The van der Waals surface area contributed by atoms with Crippen molar-refractivity contribution in [1.82, 2.24) is 4.98 Å². The van der Waals surface area contributed by atoms with Crippen LogP contribution in [0, 0.1) is 13.8 Å². The molecule has 0 saturated heterocycles. The summed E-state index contributed by atoms with van der Waals surface area (Å²) in [5, 5.41) is 2.09. The fourth-order valence-electron chi connectivity index (χ4n) is 1.83. The van der Waals surface area contributed by atoms with Gasteiger partial charge in [0.15, 0.2) is 0 Å². The number of hydrogen-bond donors (Lipinski definition) is 1. The molecular weight excluding hydrogens is 264 g/mol. The van der Waals surface area contributed by atoms with E-state index in [4.69, 9.17) is 10.5 Å². The summed E-state index contributed by atoms with van der Waals surface area (Å²) < 4.78 is 5.91. The number of nitrogens with zero attached hydrogens (tertiary/aromatic N) is 1. The highest BCUT2D eigenvalue weighted by atomic mass is 32.1. The molecule has 0 amide bonds. The van der Waals surface area contributed by atoms with E-state index in [1.54, 1.807) is 22.7 Å². The van der Waals surface area contributed by atoms with Gasteiger partial charge in [0.2, 0.25) is 0 Å². The van der Waals surface area contributed by atoms with Crippen LogP contribution in [0.15, 0.2) is 17.0 Å². The second kappa shape index (κ2) is 6.43. The van der Waals surface area contributed by atoms with Crippen molar-refractivity contribution in [3.63, 3.8) is 0 Å². The first-order chi connectivity index (χ1) is 8.72. The molecule has 2 heterocycles. The molecule has 2 aromatic heterocycles. The third-order valence-electron chi connectivity index (χ3n) is 2.90. The number of rotatable bonds is 6. The SMILES string of the molecule is Cc1ccsc1C(CN)OCCc1scnc1C. The van der Waals surface area contributed by atoms with Gasteiger partial charge in [-0.3, -0.25) is 0 Å².